The van der Waals surface area contributed by atoms with Crippen molar-refractivity contribution in [3.63, 3.8) is 0 Å². The molecule has 1 fully saturated rings. The molecule has 0 aliphatic carbocycles. The van der Waals surface area contributed by atoms with Crippen LogP contribution >= 0.6 is 15.9 Å². The average Bonchev–Trinajstić information content (AvgIpc) is 2.22. The number of hydrogen-bond acceptors (Lipinski definition) is 4. The molecule has 1 aliphatic rings. The zero-order chi connectivity index (χ0) is 10.1. The van der Waals surface area contributed by atoms with E-state index in [9.17, 15) is 4.79 Å². The maximum atomic E-state index is 10.4. The Kier molecular flexibility index (Phi) is 2.95. The standard InChI is InChI=1S/C8H12BrNO3/c1-5(11)13-10-7-4-6(9)8(2,3)12-7/h6H,4H2,1-3H3/b10-7-. The van der Waals surface area contributed by atoms with Crippen LogP contribution in [0, 0.1) is 0 Å². The van der Waals surface area contributed by atoms with Gasteiger partial charge in [-0.2, -0.15) is 0 Å². The molecule has 4 nitrogen and oxygen atoms in total. The number of alkyl halides is 1. The van der Waals surface area contributed by atoms with Crippen LogP contribution in [0.1, 0.15) is 27.2 Å². The van der Waals surface area contributed by atoms with E-state index < -0.39 is 5.97 Å². The van der Waals surface area contributed by atoms with Crippen molar-refractivity contribution in [1.82, 2.24) is 0 Å². The van der Waals surface area contributed by atoms with Gasteiger partial charge in [-0.1, -0.05) is 15.9 Å². The SMILES string of the molecule is CC(=O)O/N=C1/CC(Br)C(C)(C)O1. The summed E-state index contributed by atoms with van der Waals surface area (Å²) in [6, 6.07) is 0. The van der Waals surface area contributed by atoms with Gasteiger partial charge in [-0.3, -0.25) is 0 Å². The summed E-state index contributed by atoms with van der Waals surface area (Å²) in [5.74, 6) is 0.0222. The fourth-order valence-corrected chi connectivity index (χ4v) is 1.35. The molecule has 5 heteroatoms. The first-order chi connectivity index (χ1) is 5.92. The van der Waals surface area contributed by atoms with Crippen LogP contribution in [-0.4, -0.2) is 22.3 Å². The highest BCUT2D eigenvalue weighted by Crippen LogP contribution is 2.32. The van der Waals surface area contributed by atoms with Crippen LogP contribution in [0.4, 0.5) is 0 Å². The molecule has 0 N–H and O–H groups in total. The lowest BCUT2D eigenvalue weighted by Gasteiger charge is -2.20. The van der Waals surface area contributed by atoms with Gasteiger partial charge < -0.3 is 9.57 Å². The Balaban J connectivity index is 2.58. The molecule has 0 spiro atoms. The summed E-state index contributed by atoms with van der Waals surface area (Å²) in [6.45, 7) is 5.20. The van der Waals surface area contributed by atoms with E-state index in [0.717, 1.165) is 0 Å². The third kappa shape index (κ3) is 2.69. The number of carbonyl (C=O) groups excluding carboxylic acids is 1. The van der Waals surface area contributed by atoms with Crippen molar-refractivity contribution in [2.24, 2.45) is 5.16 Å². The minimum atomic E-state index is -0.438. The second-order valence-corrected chi connectivity index (χ2v) is 4.55. The van der Waals surface area contributed by atoms with Gasteiger partial charge in [-0.15, -0.1) is 0 Å². The van der Waals surface area contributed by atoms with Crippen molar-refractivity contribution in [3.8, 4) is 0 Å². The molecule has 74 valence electrons. The molecule has 0 aromatic rings. The Morgan fingerprint density at radius 2 is 2.38 bits per heavy atom. The summed E-state index contributed by atoms with van der Waals surface area (Å²) in [6.07, 6.45) is 0.639. The maximum absolute atomic E-state index is 10.4. The van der Waals surface area contributed by atoms with Crippen LogP contribution in [0.15, 0.2) is 5.16 Å². The molecule has 1 saturated heterocycles. The third-order valence-electron chi connectivity index (χ3n) is 1.77. The van der Waals surface area contributed by atoms with E-state index >= 15 is 0 Å². The number of rotatable bonds is 1. The van der Waals surface area contributed by atoms with Gasteiger partial charge in [-0.05, 0) is 19.0 Å². The Morgan fingerprint density at radius 1 is 1.77 bits per heavy atom. The lowest BCUT2D eigenvalue weighted by molar-refractivity contribution is -0.141. The number of nitrogens with zero attached hydrogens (tertiary/aromatic N) is 1. The van der Waals surface area contributed by atoms with Crippen LogP contribution < -0.4 is 0 Å². The first-order valence-electron chi connectivity index (χ1n) is 3.99. The lowest BCUT2D eigenvalue weighted by Crippen LogP contribution is -2.27. The summed E-state index contributed by atoms with van der Waals surface area (Å²) < 4.78 is 5.44. The predicted octanol–water partition coefficient (Wildman–Crippen LogP) is 1.83. The molecule has 0 amide bonds. The molecule has 1 heterocycles. The highest BCUT2D eigenvalue weighted by Gasteiger charge is 2.39. The summed E-state index contributed by atoms with van der Waals surface area (Å²) in [5, 5.41) is 3.58. The molecular formula is C8H12BrNO3. The Hall–Kier alpha value is -0.580. The third-order valence-corrected chi connectivity index (χ3v) is 3.19. The normalized spacial score (nSPS) is 28.6. The van der Waals surface area contributed by atoms with Gasteiger partial charge in [-0.25, -0.2) is 4.79 Å². The summed E-state index contributed by atoms with van der Waals surface area (Å²) in [5.41, 5.74) is -0.293. The summed E-state index contributed by atoms with van der Waals surface area (Å²) in [4.78, 5) is 15.1. The van der Waals surface area contributed by atoms with E-state index in [2.05, 4.69) is 25.9 Å². The molecule has 0 aromatic carbocycles. The Bertz CT molecular complexity index is 250. The maximum Gasteiger partial charge on any atom is 0.332 e. The van der Waals surface area contributed by atoms with Gasteiger partial charge in [0.1, 0.15) is 5.60 Å². The molecule has 0 radical (unpaired) electrons. The topological polar surface area (TPSA) is 47.9 Å². The van der Waals surface area contributed by atoms with Gasteiger partial charge in [0.15, 0.2) is 0 Å². The van der Waals surface area contributed by atoms with E-state index in [1.54, 1.807) is 0 Å². The number of hydrogen-bond donors (Lipinski definition) is 0. The second kappa shape index (κ2) is 3.65. The van der Waals surface area contributed by atoms with Crippen molar-refractivity contribution >= 4 is 27.8 Å². The van der Waals surface area contributed by atoms with Crippen molar-refractivity contribution < 1.29 is 14.4 Å². The quantitative estimate of drug-likeness (QED) is 0.405. The summed E-state index contributed by atoms with van der Waals surface area (Å²) >= 11 is 3.46. The molecular weight excluding hydrogens is 238 g/mol. The zero-order valence-corrected chi connectivity index (χ0v) is 9.42. The van der Waals surface area contributed by atoms with Crippen molar-refractivity contribution in [2.45, 2.75) is 37.6 Å². The number of halogens is 1. The average molecular weight is 250 g/mol. The van der Waals surface area contributed by atoms with E-state index in [1.807, 2.05) is 13.8 Å². The van der Waals surface area contributed by atoms with Crippen molar-refractivity contribution in [3.05, 3.63) is 0 Å². The molecule has 0 aromatic heterocycles. The van der Waals surface area contributed by atoms with E-state index in [-0.39, 0.29) is 10.4 Å². The van der Waals surface area contributed by atoms with E-state index in [1.165, 1.54) is 6.92 Å². The van der Waals surface area contributed by atoms with Crippen molar-refractivity contribution in [2.75, 3.05) is 0 Å². The van der Waals surface area contributed by atoms with Gasteiger partial charge in [0.2, 0.25) is 5.90 Å². The minimum Gasteiger partial charge on any atom is -0.471 e. The lowest BCUT2D eigenvalue weighted by atomic mass is 10.1. The smallest absolute Gasteiger partial charge is 0.332 e. The fraction of sp³-hybridized carbons (Fsp3) is 0.750. The van der Waals surface area contributed by atoms with Gasteiger partial charge in [0.25, 0.3) is 0 Å². The van der Waals surface area contributed by atoms with Crippen LogP contribution in [0.25, 0.3) is 0 Å². The molecule has 1 rings (SSSR count). The molecule has 1 aliphatic heterocycles. The highest BCUT2D eigenvalue weighted by atomic mass is 79.9. The minimum absolute atomic E-state index is 0.203. The first-order valence-corrected chi connectivity index (χ1v) is 4.91. The summed E-state index contributed by atoms with van der Waals surface area (Å²) in [7, 11) is 0. The molecule has 0 saturated carbocycles. The Labute approximate surface area is 85.4 Å². The van der Waals surface area contributed by atoms with Gasteiger partial charge >= 0.3 is 5.97 Å². The van der Waals surface area contributed by atoms with Crippen LogP contribution in [0.5, 0.6) is 0 Å². The molecule has 13 heavy (non-hydrogen) atoms. The predicted molar refractivity (Wildman–Crippen MR) is 51.7 cm³/mol. The first kappa shape index (κ1) is 10.5. The number of ether oxygens (including phenoxy) is 1. The van der Waals surface area contributed by atoms with Crippen LogP contribution in [0.3, 0.4) is 0 Å². The monoisotopic (exact) mass is 249 g/mol. The number of carbonyl (C=O) groups is 1. The molecule has 0 bridgehead atoms. The largest absolute Gasteiger partial charge is 0.471 e. The zero-order valence-electron chi connectivity index (χ0n) is 7.83. The molecule has 1 atom stereocenters. The van der Waals surface area contributed by atoms with Crippen LogP contribution in [0.2, 0.25) is 0 Å². The van der Waals surface area contributed by atoms with Gasteiger partial charge in [0.05, 0.1) is 4.83 Å². The Morgan fingerprint density at radius 3 is 2.77 bits per heavy atom. The number of oxime groups is 1. The molecule has 1 unspecified atom stereocenters. The van der Waals surface area contributed by atoms with Gasteiger partial charge in [0, 0.05) is 13.3 Å². The van der Waals surface area contributed by atoms with E-state index in [0.29, 0.717) is 12.3 Å². The highest BCUT2D eigenvalue weighted by molar-refractivity contribution is 9.09. The van der Waals surface area contributed by atoms with Crippen molar-refractivity contribution in [1.29, 1.82) is 0 Å². The second-order valence-electron chi connectivity index (χ2n) is 3.45. The van der Waals surface area contributed by atoms with E-state index in [4.69, 9.17) is 4.74 Å². The van der Waals surface area contributed by atoms with Crippen LogP contribution in [-0.2, 0) is 14.4 Å². The fourth-order valence-electron chi connectivity index (χ4n) is 0.979.